The minimum atomic E-state index is -3.61. The molecule has 0 bridgehead atoms. The normalized spacial score (nSPS) is 15.3. The van der Waals surface area contributed by atoms with E-state index < -0.39 is 15.8 Å². The fourth-order valence-electron chi connectivity index (χ4n) is 4.45. The van der Waals surface area contributed by atoms with Gasteiger partial charge in [-0.25, -0.2) is 17.8 Å². The van der Waals surface area contributed by atoms with Crippen LogP contribution in [0.5, 0.6) is 0 Å². The largest absolute Gasteiger partial charge is 0.283 e. The number of halogens is 1. The lowest BCUT2D eigenvalue weighted by atomic mass is 9.96. The van der Waals surface area contributed by atoms with E-state index in [9.17, 15) is 17.6 Å². The van der Waals surface area contributed by atoms with E-state index in [1.165, 1.54) is 21.7 Å². The second-order valence-electron chi connectivity index (χ2n) is 8.98. The number of nitrogens with zero attached hydrogens (tertiary/aromatic N) is 3. The predicted octanol–water partition coefficient (Wildman–Crippen LogP) is 5.38. The van der Waals surface area contributed by atoms with Crippen molar-refractivity contribution in [3.8, 4) is 0 Å². The molecule has 1 saturated heterocycles. The van der Waals surface area contributed by atoms with Gasteiger partial charge < -0.3 is 0 Å². The maximum Gasteiger partial charge on any atom is 0.243 e. The molecule has 0 spiro atoms. The molecule has 1 aromatic heterocycles. The molecule has 1 fully saturated rings. The first-order chi connectivity index (χ1) is 17.3. The Morgan fingerprint density at radius 1 is 1.03 bits per heavy atom. The van der Waals surface area contributed by atoms with Crippen LogP contribution in [0, 0.1) is 18.7 Å². The quantitative estimate of drug-likeness (QED) is 0.340. The van der Waals surface area contributed by atoms with Crippen molar-refractivity contribution in [2.45, 2.75) is 31.2 Å². The third-order valence-electron chi connectivity index (χ3n) is 6.50. The summed E-state index contributed by atoms with van der Waals surface area (Å²) in [4.78, 5) is 20.1. The number of carbonyl (C=O) groups excluding carboxylic acids is 1. The van der Waals surface area contributed by atoms with Crippen molar-refractivity contribution in [2.24, 2.45) is 5.92 Å². The summed E-state index contributed by atoms with van der Waals surface area (Å²) in [6.07, 6.45) is 0.822. The Bertz CT molecular complexity index is 1480. The summed E-state index contributed by atoms with van der Waals surface area (Å²) in [5.74, 6) is -0.891. The molecule has 5 rings (SSSR count). The average Bonchev–Trinajstić information content (AvgIpc) is 3.33. The summed E-state index contributed by atoms with van der Waals surface area (Å²) < 4.78 is 42.7. The van der Waals surface area contributed by atoms with Gasteiger partial charge in [0.25, 0.3) is 0 Å². The third kappa shape index (κ3) is 4.91. The molecule has 0 radical (unpaired) electrons. The zero-order valence-electron chi connectivity index (χ0n) is 19.8. The van der Waals surface area contributed by atoms with Crippen LogP contribution in [-0.2, 0) is 21.4 Å². The van der Waals surface area contributed by atoms with Crippen molar-refractivity contribution in [2.75, 3.05) is 18.0 Å². The Hall–Kier alpha value is -3.14. The van der Waals surface area contributed by atoms with Gasteiger partial charge in [-0.15, -0.1) is 0 Å². The van der Waals surface area contributed by atoms with E-state index in [0.29, 0.717) is 29.2 Å². The Kier molecular flexibility index (Phi) is 6.87. The molecule has 0 atom stereocenters. The van der Waals surface area contributed by atoms with Crippen LogP contribution in [-0.4, -0.2) is 36.7 Å². The van der Waals surface area contributed by atoms with Crippen LogP contribution in [0.2, 0.25) is 0 Å². The standard InChI is InChI=1S/C27H26FN3O3S2/c1-19-10-12-22(13-11-19)36(33,34)30-16-14-21(15-17-30)26(32)31(18-20-6-3-2-4-7-20)27-29-25-23(28)8-5-9-24(25)35-27/h2-13,21H,14-18H2,1H3. The number of para-hydroxylation sites is 1. The molecule has 1 amide bonds. The highest BCUT2D eigenvalue weighted by Crippen LogP contribution is 2.34. The SMILES string of the molecule is Cc1ccc(S(=O)(=O)N2CCC(C(=O)N(Cc3ccccc3)c3nc4c(F)cccc4s3)CC2)cc1. The molecule has 4 aromatic rings. The topological polar surface area (TPSA) is 70.6 Å². The lowest BCUT2D eigenvalue weighted by Crippen LogP contribution is -2.44. The molecular formula is C27H26FN3O3S2. The van der Waals surface area contributed by atoms with Crippen LogP contribution in [0.3, 0.4) is 0 Å². The van der Waals surface area contributed by atoms with Crippen LogP contribution in [0.4, 0.5) is 9.52 Å². The van der Waals surface area contributed by atoms with E-state index >= 15 is 0 Å². The zero-order chi connectivity index (χ0) is 25.3. The molecule has 0 saturated carbocycles. The number of anilines is 1. The Morgan fingerprint density at radius 2 is 1.72 bits per heavy atom. The summed E-state index contributed by atoms with van der Waals surface area (Å²) in [6, 6.07) is 21.2. The molecule has 0 aliphatic carbocycles. The van der Waals surface area contributed by atoms with Gasteiger partial charge in [-0.2, -0.15) is 4.31 Å². The highest BCUT2D eigenvalue weighted by atomic mass is 32.2. The number of aromatic nitrogens is 1. The molecule has 1 aliphatic heterocycles. The van der Waals surface area contributed by atoms with Gasteiger partial charge in [0.2, 0.25) is 15.9 Å². The molecule has 2 heterocycles. The molecule has 36 heavy (non-hydrogen) atoms. The van der Waals surface area contributed by atoms with Crippen LogP contribution in [0.15, 0.2) is 77.7 Å². The predicted molar refractivity (Wildman–Crippen MR) is 140 cm³/mol. The summed E-state index contributed by atoms with van der Waals surface area (Å²) in [5.41, 5.74) is 2.18. The molecule has 1 aliphatic rings. The van der Waals surface area contributed by atoms with Gasteiger partial charge in [0.1, 0.15) is 11.3 Å². The van der Waals surface area contributed by atoms with E-state index in [2.05, 4.69) is 4.98 Å². The van der Waals surface area contributed by atoms with E-state index in [0.717, 1.165) is 11.1 Å². The highest BCUT2D eigenvalue weighted by molar-refractivity contribution is 7.89. The van der Waals surface area contributed by atoms with Crippen LogP contribution in [0.25, 0.3) is 10.2 Å². The molecule has 0 unspecified atom stereocenters. The number of fused-ring (bicyclic) bond motifs is 1. The minimum absolute atomic E-state index is 0.120. The number of thiazole rings is 1. The number of rotatable bonds is 6. The van der Waals surface area contributed by atoms with Crippen molar-refractivity contribution >= 4 is 42.6 Å². The second-order valence-corrected chi connectivity index (χ2v) is 11.9. The summed E-state index contributed by atoms with van der Waals surface area (Å²) in [6.45, 7) is 2.75. The Labute approximate surface area is 214 Å². The van der Waals surface area contributed by atoms with E-state index in [4.69, 9.17) is 0 Å². The zero-order valence-corrected chi connectivity index (χ0v) is 21.4. The molecule has 3 aromatic carbocycles. The first kappa shape index (κ1) is 24.5. The molecular weight excluding hydrogens is 497 g/mol. The average molecular weight is 524 g/mol. The number of piperidine rings is 1. The van der Waals surface area contributed by atoms with E-state index in [1.807, 2.05) is 37.3 Å². The van der Waals surface area contributed by atoms with Crippen molar-refractivity contribution in [3.63, 3.8) is 0 Å². The van der Waals surface area contributed by atoms with Crippen molar-refractivity contribution < 1.29 is 17.6 Å². The van der Waals surface area contributed by atoms with E-state index in [-0.39, 0.29) is 35.3 Å². The van der Waals surface area contributed by atoms with Crippen LogP contribution < -0.4 is 4.90 Å². The second kappa shape index (κ2) is 10.1. The first-order valence-corrected chi connectivity index (χ1v) is 14.1. The molecule has 6 nitrogen and oxygen atoms in total. The fourth-order valence-corrected chi connectivity index (χ4v) is 6.90. The summed E-state index contributed by atoms with van der Waals surface area (Å²) in [7, 11) is -3.61. The van der Waals surface area contributed by atoms with Crippen molar-refractivity contribution in [1.29, 1.82) is 0 Å². The smallest absolute Gasteiger partial charge is 0.243 e. The number of aryl methyl sites for hydroxylation is 1. The van der Waals surface area contributed by atoms with Gasteiger partial charge in [-0.05, 0) is 49.6 Å². The number of benzene rings is 3. The Morgan fingerprint density at radius 3 is 2.39 bits per heavy atom. The van der Waals surface area contributed by atoms with Gasteiger partial charge in [0.15, 0.2) is 5.13 Å². The van der Waals surface area contributed by atoms with Gasteiger partial charge in [-0.1, -0.05) is 65.4 Å². The van der Waals surface area contributed by atoms with Crippen molar-refractivity contribution in [1.82, 2.24) is 9.29 Å². The van der Waals surface area contributed by atoms with E-state index in [1.54, 1.807) is 41.3 Å². The third-order valence-corrected chi connectivity index (χ3v) is 9.46. The van der Waals surface area contributed by atoms with Gasteiger partial charge in [0.05, 0.1) is 16.1 Å². The summed E-state index contributed by atoms with van der Waals surface area (Å²) in [5, 5.41) is 0.443. The highest BCUT2D eigenvalue weighted by Gasteiger charge is 2.35. The number of sulfonamides is 1. The van der Waals surface area contributed by atoms with Crippen LogP contribution in [0.1, 0.15) is 24.0 Å². The number of hydrogen-bond donors (Lipinski definition) is 0. The number of carbonyl (C=O) groups is 1. The molecule has 0 N–H and O–H groups in total. The first-order valence-electron chi connectivity index (χ1n) is 11.8. The maximum absolute atomic E-state index is 14.3. The fraction of sp³-hybridized carbons (Fsp3) is 0.259. The summed E-state index contributed by atoms with van der Waals surface area (Å²) >= 11 is 1.28. The molecule has 186 valence electrons. The number of hydrogen-bond acceptors (Lipinski definition) is 5. The monoisotopic (exact) mass is 523 g/mol. The van der Waals surface area contributed by atoms with Gasteiger partial charge >= 0.3 is 0 Å². The molecule has 9 heteroatoms. The lowest BCUT2D eigenvalue weighted by Gasteiger charge is -2.33. The minimum Gasteiger partial charge on any atom is -0.283 e. The Balaban J connectivity index is 1.37. The maximum atomic E-state index is 14.3. The van der Waals surface area contributed by atoms with Crippen LogP contribution >= 0.6 is 11.3 Å². The van der Waals surface area contributed by atoms with Gasteiger partial charge in [0, 0.05) is 19.0 Å². The van der Waals surface area contributed by atoms with Crippen molar-refractivity contribution in [3.05, 3.63) is 89.7 Å². The lowest BCUT2D eigenvalue weighted by molar-refractivity contribution is -0.123. The number of amides is 1. The van der Waals surface area contributed by atoms with Gasteiger partial charge in [-0.3, -0.25) is 9.69 Å².